The van der Waals surface area contributed by atoms with Gasteiger partial charge in [0.15, 0.2) is 0 Å². The lowest BCUT2D eigenvalue weighted by atomic mass is 10.0. The van der Waals surface area contributed by atoms with Crippen molar-refractivity contribution in [1.82, 2.24) is 0 Å². The second kappa shape index (κ2) is 7.65. The molecule has 0 aliphatic rings. The SMILES string of the molecule is CCc1ccc(N=C(c2ccc(Cl)cc2)c2ccc(Cl)cc2)cc1. The van der Waals surface area contributed by atoms with Crippen LogP contribution in [0.5, 0.6) is 0 Å². The van der Waals surface area contributed by atoms with Gasteiger partial charge in [0, 0.05) is 21.2 Å². The summed E-state index contributed by atoms with van der Waals surface area (Å²) in [4.78, 5) is 4.86. The number of halogens is 2. The monoisotopic (exact) mass is 353 g/mol. The van der Waals surface area contributed by atoms with Crippen LogP contribution in [0.25, 0.3) is 0 Å². The first-order valence-corrected chi connectivity index (χ1v) is 8.61. The molecule has 0 unspecified atom stereocenters. The third-order valence-corrected chi connectivity index (χ3v) is 4.32. The summed E-state index contributed by atoms with van der Waals surface area (Å²) in [6, 6.07) is 23.8. The molecule has 0 aliphatic heterocycles. The molecule has 0 aliphatic carbocycles. The summed E-state index contributed by atoms with van der Waals surface area (Å²) in [7, 11) is 0. The minimum absolute atomic E-state index is 0.710. The highest BCUT2D eigenvalue weighted by Crippen LogP contribution is 2.21. The van der Waals surface area contributed by atoms with E-state index in [1.807, 2.05) is 60.7 Å². The number of hydrogen-bond acceptors (Lipinski definition) is 1. The van der Waals surface area contributed by atoms with E-state index in [-0.39, 0.29) is 0 Å². The number of aliphatic imine (C=N–C) groups is 1. The summed E-state index contributed by atoms with van der Waals surface area (Å²) in [5, 5.41) is 1.42. The van der Waals surface area contributed by atoms with Gasteiger partial charge in [-0.25, -0.2) is 4.99 Å². The van der Waals surface area contributed by atoms with Crippen LogP contribution in [0.15, 0.2) is 77.8 Å². The van der Waals surface area contributed by atoms with Crippen molar-refractivity contribution < 1.29 is 0 Å². The Labute approximate surface area is 152 Å². The quantitative estimate of drug-likeness (QED) is 0.461. The topological polar surface area (TPSA) is 12.4 Å². The molecular formula is C21H17Cl2N. The van der Waals surface area contributed by atoms with E-state index in [0.717, 1.165) is 28.9 Å². The van der Waals surface area contributed by atoms with E-state index in [0.29, 0.717) is 10.0 Å². The van der Waals surface area contributed by atoms with Gasteiger partial charge in [-0.05, 0) is 48.4 Å². The Kier molecular flexibility index (Phi) is 5.34. The smallest absolute Gasteiger partial charge is 0.0781 e. The van der Waals surface area contributed by atoms with E-state index < -0.39 is 0 Å². The van der Waals surface area contributed by atoms with Crippen LogP contribution >= 0.6 is 23.2 Å². The van der Waals surface area contributed by atoms with Crippen LogP contribution in [0.1, 0.15) is 23.6 Å². The summed E-state index contributed by atoms with van der Waals surface area (Å²) in [5.74, 6) is 0. The highest BCUT2D eigenvalue weighted by atomic mass is 35.5. The van der Waals surface area contributed by atoms with Gasteiger partial charge in [-0.2, -0.15) is 0 Å². The molecule has 3 heteroatoms. The number of hydrogen-bond donors (Lipinski definition) is 0. The largest absolute Gasteiger partial charge is 0.248 e. The predicted octanol–water partition coefficient (Wildman–Crippen LogP) is 6.72. The molecule has 3 aromatic rings. The van der Waals surface area contributed by atoms with E-state index in [2.05, 4.69) is 19.1 Å². The zero-order valence-corrected chi connectivity index (χ0v) is 14.9. The van der Waals surface area contributed by atoms with Crippen molar-refractivity contribution >= 4 is 34.6 Å². The molecule has 120 valence electrons. The van der Waals surface area contributed by atoms with E-state index in [1.165, 1.54) is 5.56 Å². The summed E-state index contributed by atoms with van der Waals surface area (Å²) in [6.45, 7) is 2.14. The van der Waals surface area contributed by atoms with Crippen LogP contribution in [-0.2, 0) is 6.42 Å². The minimum Gasteiger partial charge on any atom is -0.248 e. The standard InChI is InChI=1S/C21H17Cl2N/c1-2-15-3-13-20(14-4-15)24-21(16-5-9-18(22)10-6-16)17-7-11-19(23)12-8-17/h3-14H,2H2,1H3. The fourth-order valence-electron chi connectivity index (χ4n) is 2.45. The summed E-state index contributed by atoms with van der Waals surface area (Å²) in [6.07, 6.45) is 1.02. The lowest BCUT2D eigenvalue weighted by molar-refractivity contribution is 1.14. The van der Waals surface area contributed by atoms with Gasteiger partial charge < -0.3 is 0 Å². The van der Waals surface area contributed by atoms with Crippen LogP contribution in [0, 0.1) is 0 Å². The highest BCUT2D eigenvalue weighted by Gasteiger charge is 2.08. The molecule has 0 radical (unpaired) electrons. The molecule has 0 fully saturated rings. The van der Waals surface area contributed by atoms with E-state index in [1.54, 1.807) is 0 Å². The lowest BCUT2D eigenvalue weighted by Gasteiger charge is -2.09. The second-order valence-electron chi connectivity index (χ2n) is 5.49. The molecule has 0 spiro atoms. The normalized spacial score (nSPS) is 10.5. The Balaban J connectivity index is 2.07. The van der Waals surface area contributed by atoms with Gasteiger partial charge >= 0.3 is 0 Å². The average Bonchev–Trinajstić information content (AvgIpc) is 2.62. The predicted molar refractivity (Wildman–Crippen MR) is 104 cm³/mol. The lowest BCUT2D eigenvalue weighted by Crippen LogP contribution is -2.02. The van der Waals surface area contributed by atoms with Gasteiger partial charge in [0.1, 0.15) is 0 Å². The first kappa shape index (κ1) is 16.8. The molecule has 1 nitrogen and oxygen atoms in total. The van der Waals surface area contributed by atoms with Crippen molar-refractivity contribution in [3.05, 3.63) is 99.5 Å². The molecule has 0 saturated carbocycles. The molecule has 0 heterocycles. The first-order valence-electron chi connectivity index (χ1n) is 7.85. The Morgan fingerprint density at radius 1 is 0.708 bits per heavy atom. The Hall–Kier alpha value is -2.09. The maximum absolute atomic E-state index is 6.02. The van der Waals surface area contributed by atoms with Crippen molar-refractivity contribution in [2.24, 2.45) is 4.99 Å². The number of rotatable bonds is 4. The van der Waals surface area contributed by atoms with Crippen molar-refractivity contribution in [2.45, 2.75) is 13.3 Å². The average molecular weight is 354 g/mol. The maximum Gasteiger partial charge on any atom is 0.0781 e. The second-order valence-corrected chi connectivity index (χ2v) is 6.37. The van der Waals surface area contributed by atoms with Gasteiger partial charge in [0.05, 0.1) is 11.4 Å². The molecule has 0 N–H and O–H groups in total. The van der Waals surface area contributed by atoms with Gasteiger partial charge in [-0.3, -0.25) is 0 Å². The molecule has 24 heavy (non-hydrogen) atoms. The Morgan fingerprint density at radius 2 is 1.17 bits per heavy atom. The Bertz CT molecular complexity index is 785. The van der Waals surface area contributed by atoms with Crippen molar-refractivity contribution in [1.29, 1.82) is 0 Å². The third kappa shape index (κ3) is 4.05. The van der Waals surface area contributed by atoms with E-state index in [9.17, 15) is 0 Å². The van der Waals surface area contributed by atoms with Crippen molar-refractivity contribution in [2.75, 3.05) is 0 Å². The van der Waals surface area contributed by atoms with Crippen LogP contribution in [0.2, 0.25) is 10.0 Å². The zero-order valence-electron chi connectivity index (χ0n) is 13.3. The molecule has 0 amide bonds. The molecular weight excluding hydrogens is 337 g/mol. The summed E-state index contributed by atoms with van der Waals surface area (Å²) in [5.41, 5.74) is 5.15. The molecule has 3 aromatic carbocycles. The highest BCUT2D eigenvalue weighted by molar-refractivity contribution is 6.31. The van der Waals surface area contributed by atoms with Crippen molar-refractivity contribution in [3.8, 4) is 0 Å². The third-order valence-electron chi connectivity index (χ3n) is 3.82. The first-order chi connectivity index (χ1) is 11.7. The molecule has 0 atom stereocenters. The molecule has 0 saturated heterocycles. The molecule has 3 rings (SSSR count). The van der Waals surface area contributed by atoms with Crippen LogP contribution in [0.4, 0.5) is 5.69 Å². The van der Waals surface area contributed by atoms with Gasteiger partial charge in [-0.15, -0.1) is 0 Å². The minimum atomic E-state index is 0.710. The zero-order chi connectivity index (χ0) is 16.9. The van der Waals surface area contributed by atoms with Crippen LogP contribution < -0.4 is 0 Å². The van der Waals surface area contributed by atoms with E-state index in [4.69, 9.17) is 28.2 Å². The van der Waals surface area contributed by atoms with Crippen molar-refractivity contribution in [3.63, 3.8) is 0 Å². The number of aryl methyl sites for hydroxylation is 1. The molecule has 0 aromatic heterocycles. The summed E-state index contributed by atoms with van der Waals surface area (Å²) >= 11 is 12.0. The maximum atomic E-state index is 6.02. The van der Waals surface area contributed by atoms with E-state index >= 15 is 0 Å². The van der Waals surface area contributed by atoms with Crippen LogP contribution in [-0.4, -0.2) is 5.71 Å². The van der Waals surface area contributed by atoms with Gasteiger partial charge in [0.2, 0.25) is 0 Å². The Morgan fingerprint density at radius 3 is 1.58 bits per heavy atom. The summed E-state index contributed by atoms with van der Waals surface area (Å²) < 4.78 is 0. The number of benzene rings is 3. The fraction of sp³-hybridized carbons (Fsp3) is 0.0952. The number of nitrogens with zero attached hydrogens (tertiary/aromatic N) is 1. The fourth-order valence-corrected chi connectivity index (χ4v) is 2.70. The van der Waals surface area contributed by atoms with Crippen LogP contribution in [0.3, 0.4) is 0 Å². The molecule has 0 bridgehead atoms. The van der Waals surface area contributed by atoms with Gasteiger partial charge in [0.25, 0.3) is 0 Å². The van der Waals surface area contributed by atoms with Gasteiger partial charge in [-0.1, -0.05) is 66.5 Å².